The Kier molecular flexibility index (Phi) is 6.13. The van der Waals surface area contributed by atoms with Crippen molar-refractivity contribution in [3.05, 3.63) is 29.8 Å². The van der Waals surface area contributed by atoms with Gasteiger partial charge in [0, 0.05) is 13.0 Å². The summed E-state index contributed by atoms with van der Waals surface area (Å²) in [4.78, 5) is 9.00. The first-order valence-corrected chi connectivity index (χ1v) is 4.56. The maximum Gasteiger partial charge on any atom is 0.300 e. The van der Waals surface area contributed by atoms with Crippen molar-refractivity contribution in [2.24, 2.45) is 5.73 Å². The number of methoxy groups -OCH3 is 1. The molecule has 0 amide bonds. The lowest BCUT2D eigenvalue weighted by molar-refractivity contribution is -0.134. The fraction of sp³-hybridized carbons (Fsp3) is 0.364. The topological polar surface area (TPSA) is 72.5 Å². The zero-order chi connectivity index (χ0) is 11.8. The number of carboxylic acid groups (broad SMARTS) is 1. The monoisotopic (exact) mass is 211 g/mol. The highest BCUT2D eigenvalue weighted by molar-refractivity contribution is 5.62. The van der Waals surface area contributed by atoms with E-state index in [1.807, 2.05) is 31.2 Å². The Labute approximate surface area is 89.7 Å². The number of hydrogen-bond donors (Lipinski definition) is 2. The van der Waals surface area contributed by atoms with Gasteiger partial charge in [0.15, 0.2) is 0 Å². The van der Waals surface area contributed by atoms with Crippen molar-refractivity contribution in [3.8, 4) is 5.75 Å². The van der Waals surface area contributed by atoms with Crippen LogP contribution in [0.15, 0.2) is 24.3 Å². The number of benzene rings is 1. The van der Waals surface area contributed by atoms with E-state index in [-0.39, 0.29) is 6.04 Å². The van der Waals surface area contributed by atoms with Gasteiger partial charge in [0.05, 0.1) is 7.11 Å². The van der Waals surface area contributed by atoms with E-state index in [9.17, 15) is 0 Å². The van der Waals surface area contributed by atoms with Crippen LogP contribution in [-0.4, -0.2) is 18.2 Å². The Morgan fingerprint density at radius 3 is 2.07 bits per heavy atom. The van der Waals surface area contributed by atoms with Crippen LogP contribution in [0.3, 0.4) is 0 Å². The van der Waals surface area contributed by atoms with Gasteiger partial charge in [-0.3, -0.25) is 4.79 Å². The van der Waals surface area contributed by atoms with Gasteiger partial charge in [0.25, 0.3) is 5.97 Å². The molecule has 0 aromatic heterocycles. The SMILES string of the molecule is CC(=O)O.COc1ccc(C(C)N)cc1. The van der Waals surface area contributed by atoms with Crippen molar-refractivity contribution in [1.29, 1.82) is 0 Å². The predicted octanol–water partition coefficient (Wildman–Crippen LogP) is 1.81. The van der Waals surface area contributed by atoms with Crippen molar-refractivity contribution in [2.45, 2.75) is 19.9 Å². The minimum atomic E-state index is -0.833. The van der Waals surface area contributed by atoms with Gasteiger partial charge >= 0.3 is 0 Å². The summed E-state index contributed by atoms with van der Waals surface area (Å²) in [5.74, 6) is 0.0365. The van der Waals surface area contributed by atoms with Gasteiger partial charge in [0.2, 0.25) is 0 Å². The molecule has 4 heteroatoms. The van der Waals surface area contributed by atoms with Gasteiger partial charge in [-0.15, -0.1) is 0 Å². The number of nitrogens with two attached hydrogens (primary N) is 1. The van der Waals surface area contributed by atoms with E-state index in [2.05, 4.69) is 0 Å². The molecule has 0 aliphatic rings. The number of rotatable bonds is 2. The smallest absolute Gasteiger partial charge is 0.300 e. The molecule has 0 fully saturated rings. The lowest BCUT2D eigenvalue weighted by Gasteiger charge is -2.05. The molecule has 0 aliphatic heterocycles. The van der Waals surface area contributed by atoms with Crippen LogP contribution in [-0.2, 0) is 4.79 Å². The van der Waals surface area contributed by atoms with Crippen molar-refractivity contribution < 1.29 is 14.6 Å². The van der Waals surface area contributed by atoms with E-state index in [4.69, 9.17) is 20.4 Å². The second kappa shape index (κ2) is 6.84. The lowest BCUT2D eigenvalue weighted by atomic mass is 10.1. The molecule has 0 saturated heterocycles. The van der Waals surface area contributed by atoms with Gasteiger partial charge < -0.3 is 15.6 Å². The first kappa shape index (κ1) is 13.4. The molecule has 84 valence electrons. The third-order valence-corrected chi connectivity index (χ3v) is 1.64. The highest BCUT2D eigenvalue weighted by Crippen LogP contribution is 2.14. The number of carboxylic acids is 1. The third-order valence-electron chi connectivity index (χ3n) is 1.64. The van der Waals surface area contributed by atoms with Gasteiger partial charge in [-0.05, 0) is 24.6 Å². The van der Waals surface area contributed by atoms with Crippen LogP contribution in [0.1, 0.15) is 25.5 Å². The standard InChI is InChI=1S/C9H13NO.C2H4O2/c1-7(10)8-3-5-9(11-2)6-4-8;1-2(3)4/h3-7H,10H2,1-2H3;1H3,(H,3,4). The van der Waals surface area contributed by atoms with E-state index < -0.39 is 5.97 Å². The van der Waals surface area contributed by atoms with E-state index in [0.29, 0.717) is 0 Å². The molecule has 15 heavy (non-hydrogen) atoms. The fourth-order valence-electron chi connectivity index (χ4n) is 0.907. The van der Waals surface area contributed by atoms with Gasteiger partial charge in [-0.1, -0.05) is 12.1 Å². The maximum atomic E-state index is 9.00. The number of aliphatic carboxylic acids is 1. The molecular weight excluding hydrogens is 194 g/mol. The fourth-order valence-corrected chi connectivity index (χ4v) is 0.907. The molecule has 1 atom stereocenters. The average Bonchev–Trinajstić information content (AvgIpc) is 2.17. The van der Waals surface area contributed by atoms with Gasteiger partial charge in [0.1, 0.15) is 5.75 Å². The van der Waals surface area contributed by atoms with Crippen LogP contribution in [0.2, 0.25) is 0 Å². The molecule has 0 heterocycles. The molecule has 1 unspecified atom stereocenters. The zero-order valence-corrected chi connectivity index (χ0v) is 9.23. The van der Waals surface area contributed by atoms with E-state index in [0.717, 1.165) is 18.2 Å². The van der Waals surface area contributed by atoms with Gasteiger partial charge in [-0.2, -0.15) is 0 Å². The molecule has 3 N–H and O–H groups in total. The molecule has 1 rings (SSSR count). The second-order valence-electron chi connectivity index (χ2n) is 3.08. The number of hydrogen-bond acceptors (Lipinski definition) is 3. The highest BCUT2D eigenvalue weighted by atomic mass is 16.5. The quantitative estimate of drug-likeness (QED) is 0.782. The first-order valence-electron chi connectivity index (χ1n) is 4.56. The Balaban J connectivity index is 0.000000423. The summed E-state index contributed by atoms with van der Waals surface area (Å²) in [7, 11) is 1.65. The highest BCUT2D eigenvalue weighted by Gasteiger charge is 1.97. The van der Waals surface area contributed by atoms with Crippen molar-refractivity contribution >= 4 is 5.97 Å². The van der Waals surface area contributed by atoms with Crippen LogP contribution in [0.25, 0.3) is 0 Å². The molecule has 4 nitrogen and oxygen atoms in total. The van der Waals surface area contributed by atoms with E-state index in [1.54, 1.807) is 7.11 Å². The molecule has 1 aromatic rings. The van der Waals surface area contributed by atoms with Crippen molar-refractivity contribution in [1.82, 2.24) is 0 Å². The molecule has 0 radical (unpaired) electrons. The Hall–Kier alpha value is -1.55. The minimum absolute atomic E-state index is 0.0981. The Bertz CT molecular complexity index is 289. The minimum Gasteiger partial charge on any atom is -0.497 e. The molecule has 0 saturated carbocycles. The zero-order valence-electron chi connectivity index (χ0n) is 9.23. The first-order chi connectivity index (χ1) is 6.97. The van der Waals surface area contributed by atoms with Crippen LogP contribution in [0.4, 0.5) is 0 Å². The molecule has 0 spiro atoms. The summed E-state index contributed by atoms with van der Waals surface area (Å²) < 4.78 is 5.01. The molecular formula is C11H17NO3. The van der Waals surface area contributed by atoms with Crippen molar-refractivity contribution in [2.75, 3.05) is 7.11 Å². The molecule has 0 bridgehead atoms. The van der Waals surface area contributed by atoms with Crippen molar-refractivity contribution in [3.63, 3.8) is 0 Å². The normalized spacial score (nSPS) is 10.9. The van der Waals surface area contributed by atoms with Crippen LogP contribution in [0.5, 0.6) is 5.75 Å². The maximum absolute atomic E-state index is 9.00. The predicted molar refractivity (Wildman–Crippen MR) is 58.9 cm³/mol. The van der Waals surface area contributed by atoms with Crippen LogP contribution >= 0.6 is 0 Å². The van der Waals surface area contributed by atoms with Gasteiger partial charge in [-0.25, -0.2) is 0 Å². The lowest BCUT2D eigenvalue weighted by Crippen LogP contribution is -2.04. The summed E-state index contributed by atoms with van der Waals surface area (Å²) >= 11 is 0. The van der Waals surface area contributed by atoms with Crippen LogP contribution in [0, 0.1) is 0 Å². The molecule has 1 aromatic carbocycles. The largest absolute Gasteiger partial charge is 0.497 e. The second-order valence-corrected chi connectivity index (χ2v) is 3.08. The summed E-state index contributed by atoms with van der Waals surface area (Å²) in [5.41, 5.74) is 6.79. The average molecular weight is 211 g/mol. The number of ether oxygens (including phenoxy) is 1. The van der Waals surface area contributed by atoms with E-state index >= 15 is 0 Å². The van der Waals surface area contributed by atoms with Crippen LogP contribution < -0.4 is 10.5 Å². The Morgan fingerprint density at radius 1 is 1.40 bits per heavy atom. The summed E-state index contributed by atoms with van der Waals surface area (Å²) in [6.07, 6.45) is 0. The third kappa shape index (κ3) is 6.51. The summed E-state index contributed by atoms with van der Waals surface area (Å²) in [6.45, 7) is 3.04. The van der Waals surface area contributed by atoms with E-state index in [1.165, 1.54) is 0 Å². The Morgan fingerprint density at radius 2 is 1.80 bits per heavy atom. The summed E-state index contributed by atoms with van der Waals surface area (Å²) in [6, 6.07) is 7.88. The molecule has 0 aliphatic carbocycles. The summed E-state index contributed by atoms with van der Waals surface area (Å²) in [5, 5.41) is 7.42. The number of carbonyl (C=O) groups is 1.